The monoisotopic (exact) mass is 462 g/mol. The maximum atomic E-state index is 13.0. The molecule has 1 fully saturated rings. The minimum absolute atomic E-state index is 0.0666. The summed E-state index contributed by atoms with van der Waals surface area (Å²) in [5, 5.41) is 7.47. The molecule has 0 radical (unpaired) electrons. The van der Waals surface area contributed by atoms with E-state index in [-0.39, 0.29) is 49.6 Å². The fraction of sp³-hybridized carbons (Fsp3) is 0.565. The molecule has 0 spiro atoms. The molecule has 1 aliphatic heterocycles. The normalized spacial score (nSPS) is 14.2. The Hall–Kier alpha value is -2.98. The predicted octanol–water partition coefficient (Wildman–Crippen LogP) is 1.02. The quantitative estimate of drug-likeness (QED) is 0.285. The van der Waals surface area contributed by atoms with Gasteiger partial charge in [-0.2, -0.15) is 0 Å². The van der Waals surface area contributed by atoms with Gasteiger partial charge in [0.25, 0.3) is 5.91 Å². The highest BCUT2D eigenvalue weighted by molar-refractivity contribution is 5.99. The predicted molar refractivity (Wildman–Crippen MR) is 122 cm³/mol. The van der Waals surface area contributed by atoms with E-state index in [9.17, 15) is 14.4 Å². The average Bonchev–Trinajstić information content (AvgIpc) is 2.79. The van der Waals surface area contributed by atoms with Crippen molar-refractivity contribution >= 4 is 23.6 Å². The summed E-state index contributed by atoms with van der Waals surface area (Å²) >= 11 is 0. The molecule has 0 bridgehead atoms. The number of carbonyl (C=O) groups excluding carboxylic acids is 3. The van der Waals surface area contributed by atoms with E-state index >= 15 is 0 Å². The number of nitrogens with two attached hydrogens (primary N) is 1. The van der Waals surface area contributed by atoms with Crippen molar-refractivity contribution < 1.29 is 28.6 Å². The van der Waals surface area contributed by atoms with E-state index in [1.165, 1.54) is 12.0 Å². The maximum Gasteiger partial charge on any atom is 0.332 e. The number of benzene rings is 1. The van der Waals surface area contributed by atoms with Crippen molar-refractivity contribution in [3.8, 4) is 0 Å². The van der Waals surface area contributed by atoms with Crippen LogP contribution in [0.4, 0.5) is 0 Å². The number of amidine groups is 1. The number of amides is 2. The second-order valence-electron chi connectivity index (χ2n) is 8.14. The Morgan fingerprint density at radius 2 is 1.76 bits per heavy atom. The number of rotatable bonds is 11. The number of piperidine rings is 1. The number of carbonyl (C=O) groups is 3. The zero-order valence-electron chi connectivity index (χ0n) is 19.5. The number of nitrogens with zero attached hydrogens (tertiary/aromatic N) is 2. The molecule has 1 aromatic carbocycles. The van der Waals surface area contributed by atoms with Gasteiger partial charge in [-0.15, -0.1) is 0 Å². The molecular weight excluding hydrogens is 428 g/mol. The van der Waals surface area contributed by atoms with Crippen LogP contribution in [0.1, 0.15) is 42.6 Å². The third-order valence-electron chi connectivity index (χ3n) is 5.22. The number of methoxy groups -OCH3 is 1. The average molecular weight is 463 g/mol. The summed E-state index contributed by atoms with van der Waals surface area (Å²) in [7, 11) is 1.54. The molecule has 0 atom stereocenters. The molecule has 33 heavy (non-hydrogen) atoms. The van der Waals surface area contributed by atoms with Crippen molar-refractivity contribution in [2.75, 3.05) is 46.5 Å². The summed E-state index contributed by atoms with van der Waals surface area (Å²) in [5.41, 5.74) is 6.39. The molecule has 2 amide bonds. The summed E-state index contributed by atoms with van der Waals surface area (Å²) in [5.74, 6) is -0.924. The molecule has 0 aromatic heterocycles. The fourth-order valence-corrected chi connectivity index (χ4v) is 3.45. The number of hydrogen-bond donors (Lipinski definition) is 2. The van der Waals surface area contributed by atoms with Crippen LogP contribution < -0.4 is 5.73 Å². The molecule has 0 unspecified atom stereocenters. The number of hydrogen-bond acceptors (Lipinski definition) is 7. The third-order valence-corrected chi connectivity index (χ3v) is 5.22. The lowest BCUT2D eigenvalue weighted by Gasteiger charge is -2.33. The van der Waals surface area contributed by atoms with Gasteiger partial charge in [-0.25, -0.2) is 4.79 Å². The first kappa shape index (κ1) is 26.3. The van der Waals surface area contributed by atoms with Gasteiger partial charge < -0.3 is 29.7 Å². The van der Waals surface area contributed by atoms with E-state index in [4.69, 9.17) is 25.4 Å². The van der Waals surface area contributed by atoms with E-state index in [0.717, 1.165) is 0 Å². The van der Waals surface area contributed by atoms with Crippen molar-refractivity contribution in [2.45, 2.75) is 38.9 Å². The minimum atomic E-state index is -0.396. The van der Waals surface area contributed by atoms with Gasteiger partial charge in [-0.1, -0.05) is 12.1 Å². The lowest BCUT2D eigenvalue weighted by molar-refractivity contribution is -0.156. The van der Waals surface area contributed by atoms with Crippen LogP contribution in [0.25, 0.3) is 0 Å². The molecule has 1 saturated heterocycles. The lowest BCUT2D eigenvalue weighted by Crippen LogP contribution is -2.47. The molecule has 0 saturated carbocycles. The highest BCUT2D eigenvalue weighted by atomic mass is 16.6. The van der Waals surface area contributed by atoms with Crippen LogP contribution in [0, 0.1) is 5.41 Å². The van der Waals surface area contributed by atoms with Crippen LogP contribution in [0.5, 0.6) is 0 Å². The van der Waals surface area contributed by atoms with Crippen LogP contribution >= 0.6 is 0 Å². The topological polar surface area (TPSA) is 135 Å². The van der Waals surface area contributed by atoms with Crippen molar-refractivity contribution in [2.24, 2.45) is 5.73 Å². The molecular formula is C23H34N4O6. The molecule has 1 aliphatic rings. The minimum Gasteiger partial charge on any atom is -0.461 e. The molecule has 10 heteroatoms. The van der Waals surface area contributed by atoms with E-state index < -0.39 is 5.97 Å². The van der Waals surface area contributed by atoms with E-state index in [1.54, 1.807) is 43.0 Å². The Labute approximate surface area is 194 Å². The van der Waals surface area contributed by atoms with E-state index in [0.29, 0.717) is 43.7 Å². The molecule has 182 valence electrons. The summed E-state index contributed by atoms with van der Waals surface area (Å²) < 4.78 is 15.8. The van der Waals surface area contributed by atoms with Crippen LogP contribution in [0.15, 0.2) is 24.3 Å². The van der Waals surface area contributed by atoms with Gasteiger partial charge in [0.15, 0.2) is 0 Å². The van der Waals surface area contributed by atoms with Crippen LogP contribution in [-0.4, -0.2) is 92.1 Å². The summed E-state index contributed by atoms with van der Waals surface area (Å²) in [6, 6.07) is 6.40. The number of nitrogen functional groups attached to an aromatic ring is 1. The SMILES string of the molecule is COCCN(CC(=O)N1CCC(OCC(=O)OC(C)C)CC1)C(=O)c1ccc(C(=N)N)cc1. The van der Waals surface area contributed by atoms with Crippen molar-refractivity contribution in [3.63, 3.8) is 0 Å². The van der Waals surface area contributed by atoms with E-state index in [2.05, 4.69) is 0 Å². The summed E-state index contributed by atoms with van der Waals surface area (Å²) in [6.07, 6.45) is 0.925. The fourth-order valence-electron chi connectivity index (χ4n) is 3.45. The molecule has 10 nitrogen and oxygen atoms in total. The smallest absolute Gasteiger partial charge is 0.332 e. The summed E-state index contributed by atoms with van der Waals surface area (Å²) in [6.45, 7) is 4.94. The number of nitrogens with one attached hydrogen (secondary N) is 1. The molecule has 0 aliphatic carbocycles. The molecule has 1 heterocycles. The van der Waals surface area contributed by atoms with Crippen LogP contribution in [-0.2, 0) is 23.8 Å². The van der Waals surface area contributed by atoms with Gasteiger partial charge >= 0.3 is 5.97 Å². The highest BCUT2D eigenvalue weighted by Crippen LogP contribution is 2.15. The van der Waals surface area contributed by atoms with Crippen molar-refractivity contribution in [3.05, 3.63) is 35.4 Å². The van der Waals surface area contributed by atoms with Crippen LogP contribution in [0.2, 0.25) is 0 Å². The first-order valence-corrected chi connectivity index (χ1v) is 11.0. The number of ether oxygens (including phenoxy) is 3. The lowest BCUT2D eigenvalue weighted by atomic mass is 10.1. The second-order valence-corrected chi connectivity index (χ2v) is 8.14. The van der Waals surface area contributed by atoms with Gasteiger partial charge in [0.1, 0.15) is 19.0 Å². The maximum absolute atomic E-state index is 13.0. The Balaban J connectivity index is 1.90. The van der Waals surface area contributed by atoms with Crippen molar-refractivity contribution in [1.82, 2.24) is 9.80 Å². The number of esters is 1. The van der Waals surface area contributed by atoms with Gasteiger partial charge in [-0.3, -0.25) is 15.0 Å². The largest absolute Gasteiger partial charge is 0.461 e. The van der Waals surface area contributed by atoms with Gasteiger partial charge in [0, 0.05) is 37.9 Å². The summed E-state index contributed by atoms with van der Waals surface area (Å²) in [4.78, 5) is 40.7. The zero-order chi connectivity index (χ0) is 24.4. The van der Waals surface area contributed by atoms with Crippen molar-refractivity contribution in [1.29, 1.82) is 5.41 Å². The van der Waals surface area contributed by atoms with Gasteiger partial charge in [0.2, 0.25) is 5.91 Å². The molecule has 2 rings (SSSR count). The zero-order valence-corrected chi connectivity index (χ0v) is 19.5. The first-order chi connectivity index (χ1) is 15.7. The Bertz CT molecular complexity index is 819. The third kappa shape index (κ3) is 8.47. The Morgan fingerprint density at radius 3 is 2.30 bits per heavy atom. The Morgan fingerprint density at radius 1 is 1.15 bits per heavy atom. The van der Waals surface area contributed by atoms with E-state index in [1.807, 2.05) is 0 Å². The van der Waals surface area contributed by atoms with Crippen LogP contribution in [0.3, 0.4) is 0 Å². The number of likely N-dealkylation sites (tertiary alicyclic amines) is 1. The highest BCUT2D eigenvalue weighted by Gasteiger charge is 2.27. The first-order valence-electron chi connectivity index (χ1n) is 11.0. The van der Waals surface area contributed by atoms with Gasteiger partial charge in [-0.05, 0) is 38.8 Å². The Kier molecular flexibility index (Phi) is 10.3. The van der Waals surface area contributed by atoms with Gasteiger partial charge in [0.05, 0.1) is 18.8 Å². The standard InChI is InChI=1S/C23H34N4O6/c1-16(2)33-21(29)15-32-19-8-10-26(11-9-19)20(28)14-27(12-13-31-3)23(30)18-6-4-17(5-7-18)22(24)25/h4-7,16,19H,8-15H2,1-3H3,(H3,24,25). The molecule has 1 aromatic rings. The molecule has 3 N–H and O–H groups in total. The second kappa shape index (κ2) is 12.9.